The molecule has 1 aliphatic rings. The molecule has 4 N–H and O–H groups in total. The van der Waals surface area contributed by atoms with E-state index in [0.717, 1.165) is 24.1 Å². The lowest BCUT2D eigenvalue weighted by atomic mass is 10.2. The number of aromatic amines is 2. The lowest BCUT2D eigenvalue weighted by molar-refractivity contribution is 0.454. The fraction of sp³-hybridized carbons (Fsp3) is 0.286. The van der Waals surface area contributed by atoms with Crippen LogP contribution in [0.4, 0.5) is 11.6 Å². The van der Waals surface area contributed by atoms with Crippen molar-refractivity contribution in [3.05, 3.63) is 63.0 Å². The third-order valence-electron chi connectivity index (χ3n) is 5.14. The number of aromatic hydroxyl groups is 1. The van der Waals surface area contributed by atoms with Gasteiger partial charge in [-0.2, -0.15) is 19.6 Å². The summed E-state index contributed by atoms with van der Waals surface area (Å²) in [5, 5.41) is 18.2. The summed E-state index contributed by atoms with van der Waals surface area (Å²) >= 11 is 0. The summed E-state index contributed by atoms with van der Waals surface area (Å²) in [6, 6.07) is 8.45. The van der Waals surface area contributed by atoms with E-state index in [9.17, 15) is 9.90 Å². The van der Waals surface area contributed by atoms with Crippen molar-refractivity contribution in [3.63, 3.8) is 0 Å². The Morgan fingerprint density at radius 3 is 2.88 bits per heavy atom. The SMILES string of the molecule is CN(C)c1cccc(CNc2nc(=NC3CC3)n3nc/c(=C\c4[nH]c(=O)[nH]c4O)c3n2)c1. The number of hydrogen-bond acceptors (Lipinski definition) is 8. The largest absolute Gasteiger partial charge is 0.493 e. The smallest absolute Gasteiger partial charge is 0.326 e. The van der Waals surface area contributed by atoms with Gasteiger partial charge in [0.15, 0.2) is 5.65 Å². The zero-order valence-electron chi connectivity index (χ0n) is 17.7. The van der Waals surface area contributed by atoms with Crippen LogP contribution in [0, 0.1) is 0 Å². The molecule has 0 amide bonds. The fourth-order valence-electron chi connectivity index (χ4n) is 3.28. The van der Waals surface area contributed by atoms with Crippen molar-refractivity contribution < 1.29 is 5.11 Å². The van der Waals surface area contributed by atoms with Crippen molar-refractivity contribution in [1.82, 2.24) is 29.5 Å². The van der Waals surface area contributed by atoms with Crippen molar-refractivity contribution >= 4 is 23.4 Å². The second-order valence-corrected chi connectivity index (χ2v) is 7.95. The van der Waals surface area contributed by atoms with Gasteiger partial charge in [-0.25, -0.2) is 9.79 Å². The Morgan fingerprint density at radius 2 is 2.16 bits per heavy atom. The van der Waals surface area contributed by atoms with E-state index in [2.05, 4.69) is 41.4 Å². The van der Waals surface area contributed by atoms with Crippen molar-refractivity contribution in [3.8, 4) is 5.88 Å². The predicted octanol–water partition coefficient (Wildman–Crippen LogP) is 0.135. The van der Waals surface area contributed by atoms with Gasteiger partial charge >= 0.3 is 5.69 Å². The van der Waals surface area contributed by atoms with Gasteiger partial charge in [-0.3, -0.25) is 4.98 Å². The number of benzene rings is 1. The average molecular weight is 433 g/mol. The minimum Gasteiger partial charge on any atom is -0.493 e. The lowest BCUT2D eigenvalue weighted by Crippen LogP contribution is -2.24. The summed E-state index contributed by atoms with van der Waals surface area (Å²) in [4.78, 5) is 32.2. The van der Waals surface area contributed by atoms with Crippen LogP contribution in [0.3, 0.4) is 0 Å². The third kappa shape index (κ3) is 4.04. The number of nitrogens with one attached hydrogen (secondary N) is 3. The van der Waals surface area contributed by atoms with Gasteiger partial charge in [0.1, 0.15) is 5.69 Å². The highest BCUT2D eigenvalue weighted by Crippen LogP contribution is 2.22. The summed E-state index contributed by atoms with van der Waals surface area (Å²) in [6.07, 6.45) is 5.27. The van der Waals surface area contributed by atoms with Gasteiger partial charge in [0.25, 0.3) is 5.62 Å². The first kappa shape index (κ1) is 19.8. The minimum atomic E-state index is -0.494. The van der Waals surface area contributed by atoms with Crippen LogP contribution in [0.25, 0.3) is 11.7 Å². The lowest BCUT2D eigenvalue weighted by Gasteiger charge is -2.13. The molecule has 0 spiro atoms. The van der Waals surface area contributed by atoms with Gasteiger partial charge in [0, 0.05) is 31.5 Å². The molecule has 0 radical (unpaired) electrons. The van der Waals surface area contributed by atoms with Crippen LogP contribution in [-0.2, 0) is 6.54 Å². The summed E-state index contributed by atoms with van der Waals surface area (Å²) in [5.41, 5.74) is 2.94. The Labute approximate surface area is 182 Å². The number of nitrogens with zero attached hydrogens (tertiary/aromatic N) is 6. The van der Waals surface area contributed by atoms with Crippen LogP contribution in [0.5, 0.6) is 5.88 Å². The van der Waals surface area contributed by atoms with Gasteiger partial charge in [-0.15, -0.1) is 0 Å². The van der Waals surface area contributed by atoms with Gasteiger partial charge in [0.2, 0.25) is 11.8 Å². The van der Waals surface area contributed by atoms with Crippen LogP contribution in [-0.4, -0.2) is 54.8 Å². The molecule has 1 aliphatic carbocycles. The van der Waals surface area contributed by atoms with Crippen molar-refractivity contribution in [2.24, 2.45) is 4.99 Å². The van der Waals surface area contributed by atoms with Crippen LogP contribution >= 0.6 is 0 Å². The van der Waals surface area contributed by atoms with E-state index >= 15 is 0 Å². The van der Waals surface area contributed by atoms with E-state index < -0.39 is 5.69 Å². The fourth-order valence-corrected chi connectivity index (χ4v) is 3.28. The Hall–Kier alpha value is -4.15. The van der Waals surface area contributed by atoms with Gasteiger partial charge < -0.3 is 20.3 Å². The third-order valence-corrected chi connectivity index (χ3v) is 5.14. The molecule has 11 nitrogen and oxygen atoms in total. The Bertz CT molecular complexity index is 1460. The Balaban J connectivity index is 1.55. The second kappa shape index (κ2) is 7.84. The number of aromatic nitrogens is 6. The molecule has 1 fully saturated rings. The first-order chi connectivity index (χ1) is 15.5. The summed E-state index contributed by atoms with van der Waals surface area (Å²) in [6.45, 7) is 0.541. The number of hydrogen-bond donors (Lipinski definition) is 4. The van der Waals surface area contributed by atoms with E-state index in [4.69, 9.17) is 0 Å². The zero-order valence-corrected chi connectivity index (χ0v) is 17.7. The molecular formula is C21H23N9O2. The molecule has 32 heavy (non-hydrogen) atoms. The highest BCUT2D eigenvalue weighted by atomic mass is 16.3. The number of fused-ring (bicyclic) bond motifs is 1. The molecule has 0 saturated heterocycles. The maximum Gasteiger partial charge on any atom is 0.326 e. The quantitative estimate of drug-likeness (QED) is 0.339. The molecule has 0 bridgehead atoms. The second-order valence-electron chi connectivity index (χ2n) is 7.95. The number of anilines is 2. The standard InChI is InChI=1S/C21H23N9O2/c1-29(2)15-5-3-4-12(8-15)10-22-19-26-17-13(9-16-18(31)27-21(32)25-16)11-23-30(17)20(28-19)24-14-6-7-14/h3-5,8-9,11,14,31H,6-7,10H2,1-2H3,(H,22,24,28)(H2,25,27,32)/b13-9+. The predicted molar refractivity (Wildman–Crippen MR) is 119 cm³/mol. The van der Waals surface area contributed by atoms with Crippen molar-refractivity contribution in [2.45, 2.75) is 25.4 Å². The summed E-state index contributed by atoms with van der Waals surface area (Å²) in [5.74, 6) is 0.180. The number of rotatable bonds is 6. The molecule has 4 aromatic rings. The van der Waals surface area contributed by atoms with E-state index in [-0.39, 0.29) is 17.6 Å². The molecule has 0 atom stereocenters. The highest BCUT2D eigenvalue weighted by molar-refractivity contribution is 5.57. The summed E-state index contributed by atoms with van der Waals surface area (Å²) < 4.78 is 1.57. The summed E-state index contributed by atoms with van der Waals surface area (Å²) in [7, 11) is 4.00. The molecule has 0 aliphatic heterocycles. The van der Waals surface area contributed by atoms with E-state index in [0.29, 0.717) is 29.0 Å². The first-order valence-corrected chi connectivity index (χ1v) is 10.3. The normalized spacial score (nSPS) is 14.9. The molecule has 3 aromatic heterocycles. The van der Waals surface area contributed by atoms with Crippen LogP contribution < -0.4 is 26.7 Å². The minimum absolute atomic E-state index is 0.245. The first-order valence-electron chi connectivity index (χ1n) is 10.3. The van der Waals surface area contributed by atoms with Gasteiger partial charge in [0.05, 0.1) is 12.2 Å². The number of imidazole rings is 1. The monoisotopic (exact) mass is 433 g/mol. The molecule has 5 rings (SSSR count). The maximum absolute atomic E-state index is 11.5. The van der Waals surface area contributed by atoms with Crippen molar-refractivity contribution in [1.29, 1.82) is 0 Å². The molecule has 11 heteroatoms. The molecule has 1 saturated carbocycles. The van der Waals surface area contributed by atoms with Gasteiger partial charge in [-0.05, 0) is 36.6 Å². The van der Waals surface area contributed by atoms with Gasteiger partial charge in [-0.1, -0.05) is 12.1 Å². The molecule has 3 heterocycles. The number of H-pyrrole nitrogens is 2. The van der Waals surface area contributed by atoms with Crippen LogP contribution in [0.2, 0.25) is 0 Å². The molecule has 1 aromatic carbocycles. The van der Waals surface area contributed by atoms with Crippen LogP contribution in [0.15, 0.2) is 40.2 Å². The van der Waals surface area contributed by atoms with E-state index in [1.54, 1.807) is 16.8 Å². The molecule has 164 valence electrons. The van der Waals surface area contributed by atoms with E-state index in [1.807, 2.05) is 37.2 Å². The van der Waals surface area contributed by atoms with E-state index in [1.165, 1.54) is 0 Å². The molecule has 0 unspecified atom stereocenters. The maximum atomic E-state index is 11.5. The molecular weight excluding hydrogens is 410 g/mol. The van der Waals surface area contributed by atoms with Crippen molar-refractivity contribution in [2.75, 3.05) is 24.3 Å². The Morgan fingerprint density at radius 1 is 1.31 bits per heavy atom. The topological polar surface area (TPSA) is 140 Å². The Kier molecular flexibility index (Phi) is 4.85. The zero-order chi connectivity index (χ0) is 22.2. The average Bonchev–Trinajstić information content (AvgIpc) is 3.41. The van der Waals surface area contributed by atoms with Crippen LogP contribution in [0.1, 0.15) is 24.1 Å². The highest BCUT2D eigenvalue weighted by Gasteiger charge is 2.21.